The first-order valence-corrected chi connectivity index (χ1v) is 7.67. The number of nitrogens with zero attached hydrogens (tertiary/aromatic N) is 1. The Labute approximate surface area is 136 Å². The van der Waals surface area contributed by atoms with Crippen LogP contribution in [0.5, 0.6) is 5.75 Å². The van der Waals surface area contributed by atoms with E-state index in [0.29, 0.717) is 23.4 Å². The summed E-state index contributed by atoms with van der Waals surface area (Å²) in [6.45, 7) is 2.71. The summed E-state index contributed by atoms with van der Waals surface area (Å²) in [7, 11) is -1.52. The molecule has 0 heterocycles. The molecule has 0 spiro atoms. The van der Waals surface area contributed by atoms with Crippen LogP contribution in [0.1, 0.15) is 25.3 Å². The summed E-state index contributed by atoms with van der Waals surface area (Å²) in [5.74, 6) is 0.668. The number of hydrogen-bond donors (Lipinski definition) is 3. The van der Waals surface area contributed by atoms with Crippen LogP contribution in [-0.2, 0) is 0 Å². The Bertz CT molecular complexity index is 633. The monoisotopic (exact) mass is 312 g/mol. The van der Waals surface area contributed by atoms with Gasteiger partial charge in [0, 0.05) is 5.56 Å². The molecule has 0 bridgehead atoms. The van der Waals surface area contributed by atoms with E-state index in [4.69, 9.17) is 4.74 Å². The van der Waals surface area contributed by atoms with Crippen molar-refractivity contribution in [1.29, 1.82) is 0 Å². The molecule has 0 fully saturated rings. The van der Waals surface area contributed by atoms with Gasteiger partial charge in [-0.25, -0.2) is 0 Å². The number of para-hydroxylation sites is 1. The number of rotatable bonds is 8. The van der Waals surface area contributed by atoms with Crippen molar-refractivity contribution < 1.29 is 14.8 Å². The van der Waals surface area contributed by atoms with Gasteiger partial charge < -0.3 is 14.8 Å². The van der Waals surface area contributed by atoms with Gasteiger partial charge in [0.1, 0.15) is 5.75 Å². The van der Waals surface area contributed by atoms with Gasteiger partial charge in [0.2, 0.25) is 0 Å². The molecule has 5 nitrogen and oxygen atoms in total. The van der Waals surface area contributed by atoms with Crippen LogP contribution in [0.15, 0.2) is 53.6 Å². The predicted octanol–water partition coefficient (Wildman–Crippen LogP) is 1.99. The molecule has 0 saturated heterocycles. The van der Waals surface area contributed by atoms with Gasteiger partial charge in [-0.1, -0.05) is 37.6 Å². The van der Waals surface area contributed by atoms with Gasteiger partial charge >= 0.3 is 7.12 Å². The van der Waals surface area contributed by atoms with Crippen LogP contribution in [0.2, 0.25) is 0 Å². The maximum absolute atomic E-state index is 9.31. The fourth-order valence-corrected chi connectivity index (χ4v) is 1.98. The minimum Gasteiger partial charge on any atom is -0.493 e. The van der Waals surface area contributed by atoms with Gasteiger partial charge in [-0.2, -0.15) is 5.10 Å². The van der Waals surface area contributed by atoms with Crippen molar-refractivity contribution in [2.45, 2.75) is 19.8 Å². The third-order valence-electron chi connectivity index (χ3n) is 3.26. The molecule has 0 amide bonds. The number of hydrogen-bond acceptors (Lipinski definition) is 5. The van der Waals surface area contributed by atoms with Gasteiger partial charge in [-0.05, 0) is 36.1 Å². The van der Waals surface area contributed by atoms with Gasteiger partial charge in [-0.15, -0.1) is 0 Å². The highest BCUT2D eigenvalue weighted by atomic mass is 16.5. The first-order valence-electron chi connectivity index (χ1n) is 7.67. The molecule has 0 aliphatic rings. The van der Waals surface area contributed by atoms with Gasteiger partial charge in [0.05, 0.1) is 18.5 Å². The Hall–Kier alpha value is -2.31. The second-order valence-electron chi connectivity index (χ2n) is 5.11. The molecule has 2 aromatic carbocycles. The van der Waals surface area contributed by atoms with Gasteiger partial charge in [-0.3, -0.25) is 5.43 Å². The summed E-state index contributed by atoms with van der Waals surface area (Å²) < 4.78 is 5.73. The van der Waals surface area contributed by atoms with Crippen molar-refractivity contribution in [3.8, 4) is 5.75 Å². The SMILES string of the molecule is CCCCOc1ccc(B(O)O)cc1C=NNc1ccccc1. The Kier molecular flexibility index (Phi) is 6.65. The standard InChI is InChI=1S/C17H21BN2O3/c1-2-3-11-23-17-10-9-15(18(21)22)12-14(17)13-19-20-16-7-5-4-6-8-16/h4-10,12-13,20-22H,2-3,11H2,1H3. The van der Waals surface area contributed by atoms with Crippen LogP contribution < -0.4 is 15.6 Å². The minimum atomic E-state index is -1.52. The molecule has 0 unspecified atom stereocenters. The Morgan fingerprint density at radius 3 is 2.65 bits per heavy atom. The summed E-state index contributed by atoms with van der Waals surface area (Å²) in [5, 5.41) is 22.8. The lowest BCUT2D eigenvalue weighted by molar-refractivity contribution is 0.309. The van der Waals surface area contributed by atoms with Crippen LogP contribution in [0.4, 0.5) is 5.69 Å². The average Bonchev–Trinajstić information content (AvgIpc) is 2.57. The predicted molar refractivity (Wildman–Crippen MR) is 94.3 cm³/mol. The van der Waals surface area contributed by atoms with Crippen LogP contribution >= 0.6 is 0 Å². The largest absolute Gasteiger partial charge is 0.493 e. The van der Waals surface area contributed by atoms with E-state index in [9.17, 15) is 10.0 Å². The molecule has 0 aromatic heterocycles. The maximum atomic E-state index is 9.31. The summed E-state index contributed by atoms with van der Waals surface area (Å²) in [6.07, 6.45) is 3.62. The number of unbranched alkanes of at least 4 members (excludes halogenated alkanes) is 1. The van der Waals surface area contributed by atoms with E-state index < -0.39 is 7.12 Å². The Balaban J connectivity index is 2.13. The zero-order chi connectivity index (χ0) is 16.5. The van der Waals surface area contributed by atoms with E-state index >= 15 is 0 Å². The van der Waals surface area contributed by atoms with E-state index in [1.54, 1.807) is 24.4 Å². The lowest BCUT2D eigenvalue weighted by Crippen LogP contribution is -2.30. The third-order valence-corrected chi connectivity index (χ3v) is 3.26. The Morgan fingerprint density at radius 1 is 1.17 bits per heavy atom. The van der Waals surface area contributed by atoms with Crippen molar-refractivity contribution in [2.24, 2.45) is 5.10 Å². The van der Waals surface area contributed by atoms with Crippen LogP contribution in [-0.4, -0.2) is 30.0 Å². The van der Waals surface area contributed by atoms with Crippen LogP contribution in [0.25, 0.3) is 0 Å². The smallest absolute Gasteiger partial charge is 0.488 e. The Morgan fingerprint density at radius 2 is 1.96 bits per heavy atom. The molecule has 0 aliphatic carbocycles. The maximum Gasteiger partial charge on any atom is 0.488 e. The van der Waals surface area contributed by atoms with Crippen molar-refractivity contribution in [3.63, 3.8) is 0 Å². The first-order chi connectivity index (χ1) is 11.2. The molecule has 6 heteroatoms. The number of nitrogens with one attached hydrogen (secondary N) is 1. The molecule has 2 aromatic rings. The van der Waals surface area contributed by atoms with Crippen molar-refractivity contribution in [3.05, 3.63) is 54.1 Å². The molecular formula is C17H21BN2O3. The molecule has 23 heavy (non-hydrogen) atoms. The second kappa shape index (κ2) is 8.97. The van der Waals surface area contributed by atoms with E-state index in [2.05, 4.69) is 17.5 Å². The molecule has 0 saturated carbocycles. The van der Waals surface area contributed by atoms with Crippen molar-refractivity contribution >= 4 is 24.5 Å². The van der Waals surface area contributed by atoms with E-state index in [1.165, 1.54) is 0 Å². The van der Waals surface area contributed by atoms with Gasteiger partial charge in [0.25, 0.3) is 0 Å². The highest BCUT2D eigenvalue weighted by Crippen LogP contribution is 2.16. The number of hydrazone groups is 1. The molecule has 3 N–H and O–H groups in total. The second-order valence-corrected chi connectivity index (χ2v) is 5.11. The average molecular weight is 312 g/mol. The highest BCUT2D eigenvalue weighted by molar-refractivity contribution is 6.58. The quantitative estimate of drug-likeness (QED) is 0.302. The first kappa shape index (κ1) is 17.1. The van der Waals surface area contributed by atoms with E-state index in [-0.39, 0.29) is 0 Å². The van der Waals surface area contributed by atoms with Gasteiger partial charge in [0.15, 0.2) is 0 Å². The normalized spacial score (nSPS) is 10.7. The zero-order valence-electron chi connectivity index (χ0n) is 13.1. The summed E-state index contributed by atoms with van der Waals surface area (Å²) in [4.78, 5) is 0. The van der Waals surface area contributed by atoms with E-state index in [0.717, 1.165) is 18.5 Å². The van der Waals surface area contributed by atoms with Crippen LogP contribution in [0.3, 0.4) is 0 Å². The number of anilines is 1. The van der Waals surface area contributed by atoms with Crippen molar-refractivity contribution in [2.75, 3.05) is 12.0 Å². The molecular weight excluding hydrogens is 291 g/mol. The lowest BCUT2D eigenvalue weighted by atomic mass is 9.79. The fraction of sp³-hybridized carbons (Fsp3) is 0.235. The molecule has 0 radical (unpaired) electrons. The lowest BCUT2D eigenvalue weighted by Gasteiger charge is -2.10. The highest BCUT2D eigenvalue weighted by Gasteiger charge is 2.13. The zero-order valence-corrected chi connectivity index (χ0v) is 13.1. The fourth-order valence-electron chi connectivity index (χ4n) is 1.98. The molecule has 2 rings (SSSR count). The number of ether oxygens (including phenoxy) is 1. The summed E-state index contributed by atoms with van der Waals surface area (Å²) >= 11 is 0. The van der Waals surface area contributed by atoms with E-state index in [1.807, 2.05) is 30.3 Å². The molecule has 0 atom stereocenters. The van der Waals surface area contributed by atoms with Crippen molar-refractivity contribution in [1.82, 2.24) is 0 Å². The number of benzene rings is 2. The summed E-state index contributed by atoms with van der Waals surface area (Å²) in [6, 6.07) is 14.6. The molecule has 120 valence electrons. The summed E-state index contributed by atoms with van der Waals surface area (Å²) in [5.41, 5.74) is 4.88. The third kappa shape index (κ3) is 5.43. The minimum absolute atomic E-state index is 0.397. The molecule has 0 aliphatic heterocycles. The topological polar surface area (TPSA) is 74.1 Å². The van der Waals surface area contributed by atoms with Crippen LogP contribution in [0, 0.1) is 0 Å².